The topological polar surface area (TPSA) is 127 Å². The third kappa shape index (κ3) is 11.0. The molecule has 2 aromatic heterocycles. The average Bonchev–Trinajstić information content (AvgIpc) is 3.43. The van der Waals surface area contributed by atoms with Crippen LogP contribution in [0.4, 0.5) is 27.2 Å². The molecule has 0 aliphatic heterocycles. The van der Waals surface area contributed by atoms with E-state index in [1.807, 2.05) is 13.8 Å². The Bertz CT molecular complexity index is 1920. The molecule has 4 aromatic rings. The number of hydrogen-bond donors (Lipinski definition) is 1. The van der Waals surface area contributed by atoms with E-state index in [1.54, 1.807) is 43.9 Å². The standard InChI is InChI=1S/C38H43F4N5O6/c1-6-45(7-2)32(48)14-11-19-46(36(51)53-37(3,4)5)20-21-52-31-18-16-27(24-43-31)33(29(23-38(40,41)42)25-12-9-8-10-13-25)26-15-17-30-28(22-26)34(39)44-47(30)35(49)50/h8-10,12-13,15-18,22,24H,6-7,11,14,19-21,23H2,1-5H3,(H,49,50)/b33-29-. The SMILES string of the molecule is CCN(CC)C(=O)CCCN(CCOc1ccc(/C(=C(/CC(F)(F)F)c2ccccc2)c2ccc3c(c2)c(F)nn3C(=O)O)cn1)C(=O)OC(C)(C)C. The van der Waals surface area contributed by atoms with Gasteiger partial charge in [-0.25, -0.2) is 14.6 Å². The normalized spacial score (nSPS) is 12.3. The number of carbonyl (C=O) groups excluding carboxylic acids is 2. The van der Waals surface area contributed by atoms with Crippen LogP contribution in [0, 0.1) is 5.95 Å². The zero-order chi connectivity index (χ0) is 38.9. The van der Waals surface area contributed by atoms with E-state index in [9.17, 15) is 37.1 Å². The fraction of sp³-hybridized carbons (Fsp3) is 0.395. The number of allylic oxidation sites excluding steroid dienone is 1. The number of fused-ring (bicyclic) bond motifs is 1. The van der Waals surface area contributed by atoms with Crippen molar-refractivity contribution >= 4 is 40.1 Å². The molecule has 0 bridgehead atoms. The molecule has 0 unspecified atom stereocenters. The number of aromatic nitrogens is 3. The molecule has 4 rings (SSSR count). The highest BCUT2D eigenvalue weighted by Gasteiger charge is 2.32. The van der Waals surface area contributed by atoms with Crippen molar-refractivity contribution in [2.24, 2.45) is 0 Å². The maximum Gasteiger partial charge on any atom is 0.432 e. The van der Waals surface area contributed by atoms with Crippen LogP contribution in [0.2, 0.25) is 0 Å². The molecule has 11 nitrogen and oxygen atoms in total. The minimum absolute atomic E-state index is 0.00880. The number of alkyl halides is 3. The fourth-order valence-electron chi connectivity index (χ4n) is 5.72. The van der Waals surface area contributed by atoms with Crippen molar-refractivity contribution in [1.29, 1.82) is 0 Å². The monoisotopic (exact) mass is 741 g/mol. The Labute approximate surface area is 304 Å². The van der Waals surface area contributed by atoms with E-state index in [0.29, 0.717) is 24.2 Å². The summed E-state index contributed by atoms with van der Waals surface area (Å²) in [7, 11) is 0. The molecule has 0 aliphatic carbocycles. The van der Waals surface area contributed by atoms with Gasteiger partial charge in [-0.15, -0.1) is 5.10 Å². The third-order valence-electron chi connectivity index (χ3n) is 8.13. The molecule has 0 fully saturated rings. The van der Waals surface area contributed by atoms with Crippen molar-refractivity contribution < 1.29 is 46.5 Å². The van der Waals surface area contributed by atoms with Gasteiger partial charge in [0.25, 0.3) is 0 Å². The van der Waals surface area contributed by atoms with Crippen LogP contribution >= 0.6 is 0 Å². The summed E-state index contributed by atoms with van der Waals surface area (Å²) in [5, 5.41) is 12.7. The van der Waals surface area contributed by atoms with E-state index in [1.165, 1.54) is 53.6 Å². The summed E-state index contributed by atoms with van der Waals surface area (Å²) >= 11 is 0. The minimum atomic E-state index is -4.63. The van der Waals surface area contributed by atoms with Gasteiger partial charge in [-0.05, 0) is 81.5 Å². The Hall–Kier alpha value is -5.47. The summed E-state index contributed by atoms with van der Waals surface area (Å²) in [6.45, 7) is 10.5. The van der Waals surface area contributed by atoms with Gasteiger partial charge in [0.1, 0.15) is 12.2 Å². The van der Waals surface area contributed by atoms with E-state index < -0.39 is 36.3 Å². The maximum atomic E-state index is 14.9. The lowest BCUT2D eigenvalue weighted by atomic mass is 9.88. The lowest BCUT2D eigenvalue weighted by Gasteiger charge is -2.27. The van der Waals surface area contributed by atoms with Crippen molar-refractivity contribution in [2.45, 2.75) is 65.7 Å². The van der Waals surface area contributed by atoms with Crippen LogP contribution in [0.3, 0.4) is 0 Å². The molecule has 2 heterocycles. The molecule has 0 saturated carbocycles. The first-order chi connectivity index (χ1) is 25.0. The Kier molecular flexibility index (Phi) is 13.2. The number of rotatable bonds is 14. The smallest absolute Gasteiger partial charge is 0.432 e. The van der Waals surface area contributed by atoms with Crippen molar-refractivity contribution in [1.82, 2.24) is 24.6 Å². The third-order valence-corrected chi connectivity index (χ3v) is 8.13. The van der Waals surface area contributed by atoms with Gasteiger partial charge in [-0.2, -0.15) is 22.2 Å². The van der Waals surface area contributed by atoms with Gasteiger partial charge in [-0.1, -0.05) is 36.4 Å². The van der Waals surface area contributed by atoms with Crippen LogP contribution in [0.15, 0.2) is 66.9 Å². The molecule has 0 radical (unpaired) electrons. The Morgan fingerprint density at radius 1 is 0.887 bits per heavy atom. The van der Waals surface area contributed by atoms with Gasteiger partial charge >= 0.3 is 18.4 Å². The van der Waals surface area contributed by atoms with Gasteiger partial charge in [0.2, 0.25) is 17.7 Å². The van der Waals surface area contributed by atoms with Crippen molar-refractivity contribution in [3.05, 3.63) is 89.5 Å². The second-order valence-corrected chi connectivity index (χ2v) is 13.1. The molecule has 0 aliphatic rings. The number of nitrogens with zero attached hydrogens (tertiary/aromatic N) is 5. The van der Waals surface area contributed by atoms with Gasteiger partial charge in [0.15, 0.2) is 0 Å². The quantitative estimate of drug-likeness (QED) is 0.101. The van der Waals surface area contributed by atoms with Gasteiger partial charge in [-0.3, -0.25) is 4.79 Å². The summed E-state index contributed by atoms with van der Waals surface area (Å²) < 4.78 is 69.1. The Balaban J connectivity index is 1.64. The van der Waals surface area contributed by atoms with Crippen molar-refractivity contribution in [2.75, 3.05) is 32.8 Å². The number of ether oxygens (including phenoxy) is 2. The first kappa shape index (κ1) is 40.3. The van der Waals surface area contributed by atoms with E-state index in [2.05, 4.69) is 10.1 Å². The first-order valence-electron chi connectivity index (χ1n) is 17.1. The predicted molar refractivity (Wildman–Crippen MR) is 191 cm³/mol. The summed E-state index contributed by atoms with van der Waals surface area (Å²) in [5.41, 5.74) is -0.172. The molecular weight excluding hydrogens is 698 g/mol. The van der Waals surface area contributed by atoms with E-state index in [-0.39, 0.29) is 76.6 Å². The molecule has 0 spiro atoms. The van der Waals surface area contributed by atoms with Crippen molar-refractivity contribution in [3.63, 3.8) is 0 Å². The molecule has 2 amide bonds. The summed E-state index contributed by atoms with van der Waals surface area (Å²) in [6.07, 6.45) is -6.07. The highest BCUT2D eigenvalue weighted by atomic mass is 19.4. The van der Waals surface area contributed by atoms with E-state index >= 15 is 0 Å². The van der Waals surface area contributed by atoms with Gasteiger partial charge in [0.05, 0.1) is 23.9 Å². The van der Waals surface area contributed by atoms with Crippen LogP contribution in [-0.2, 0) is 9.53 Å². The van der Waals surface area contributed by atoms with E-state index in [0.717, 1.165) is 0 Å². The molecule has 0 atom stereocenters. The number of carboxylic acid groups (broad SMARTS) is 1. The molecule has 1 N–H and O–H groups in total. The molecule has 53 heavy (non-hydrogen) atoms. The van der Waals surface area contributed by atoms with Gasteiger partial charge in [0, 0.05) is 43.9 Å². The number of carbonyl (C=O) groups is 3. The highest BCUT2D eigenvalue weighted by molar-refractivity contribution is 6.01. The lowest BCUT2D eigenvalue weighted by Crippen LogP contribution is -2.40. The molecule has 284 valence electrons. The predicted octanol–water partition coefficient (Wildman–Crippen LogP) is 8.27. The highest BCUT2D eigenvalue weighted by Crippen LogP contribution is 2.40. The fourth-order valence-corrected chi connectivity index (χ4v) is 5.72. The summed E-state index contributed by atoms with van der Waals surface area (Å²) in [5.74, 6) is -0.993. The Morgan fingerprint density at radius 2 is 1.57 bits per heavy atom. The van der Waals surface area contributed by atoms with Crippen LogP contribution in [0.5, 0.6) is 5.88 Å². The van der Waals surface area contributed by atoms with Crippen LogP contribution < -0.4 is 4.74 Å². The van der Waals surface area contributed by atoms with Crippen LogP contribution in [0.25, 0.3) is 22.0 Å². The van der Waals surface area contributed by atoms with Gasteiger partial charge < -0.3 is 24.4 Å². The Morgan fingerprint density at radius 3 is 2.15 bits per heavy atom. The summed E-state index contributed by atoms with van der Waals surface area (Å²) in [4.78, 5) is 44.6. The number of pyridine rings is 1. The maximum absolute atomic E-state index is 14.9. The number of amides is 2. The zero-order valence-electron chi connectivity index (χ0n) is 30.2. The first-order valence-corrected chi connectivity index (χ1v) is 17.1. The van der Waals surface area contributed by atoms with Crippen LogP contribution in [0.1, 0.15) is 70.6 Å². The molecule has 15 heteroatoms. The van der Waals surface area contributed by atoms with Crippen LogP contribution in [-0.4, -0.2) is 92.3 Å². The number of halogens is 4. The molecule has 2 aromatic carbocycles. The summed E-state index contributed by atoms with van der Waals surface area (Å²) in [6, 6.07) is 14.9. The second kappa shape index (κ2) is 17.4. The molecular formula is C38H43F4N5O6. The zero-order valence-corrected chi connectivity index (χ0v) is 30.2. The second-order valence-electron chi connectivity index (χ2n) is 13.1. The number of hydrogen-bond acceptors (Lipinski definition) is 7. The largest absolute Gasteiger partial charge is 0.476 e. The number of benzene rings is 2. The lowest BCUT2D eigenvalue weighted by molar-refractivity contribution is -0.131. The van der Waals surface area contributed by atoms with Crippen molar-refractivity contribution in [3.8, 4) is 5.88 Å². The van der Waals surface area contributed by atoms with E-state index in [4.69, 9.17) is 9.47 Å². The minimum Gasteiger partial charge on any atom is -0.476 e. The molecule has 0 saturated heterocycles. The average molecular weight is 742 g/mol.